The van der Waals surface area contributed by atoms with Gasteiger partial charge in [-0.05, 0) is 49.9 Å². The van der Waals surface area contributed by atoms with Crippen molar-refractivity contribution in [1.82, 2.24) is 20.1 Å². The fraction of sp³-hybridized carbons (Fsp3) is 0.474. The average molecular weight is 340 g/mol. The number of rotatable bonds is 2. The molecule has 2 aromatic rings. The number of benzene rings is 1. The van der Waals surface area contributed by atoms with Gasteiger partial charge >= 0.3 is 6.03 Å². The number of carbonyl (C=O) groups excluding carboxylic acids is 2. The minimum Gasteiger partial charge on any atom is -0.351 e. The van der Waals surface area contributed by atoms with Crippen LogP contribution in [-0.2, 0) is 0 Å². The first kappa shape index (κ1) is 16.0. The van der Waals surface area contributed by atoms with E-state index >= 15 is 0 Å². The van der Waals surface area contributed by atoms with Gasteiger partial charge in [0.15, 0.2) is 0 Å². The fourth-order valence-electron chi connectivity index (χ4n) is 3.96. The van der Waals surface area contributed by atoms with Crippen LogP contribution in [0.1, 0.15) is 34.5 Å². The Morgan fingerprint density at radius 3 is 2.60 bits per heavy atom. The zero-order chi connectivity index (χ0) is 17.6. The van der Waals surface area contributed by atoms with Crippen LogP contribution < -0.4 is 5.32 Å². The molecule has 25 heavy (non-hydrogen) atoms. The molecule has 1 aromatic carbocycles. The van der Waals surface area contributed by atoms with Crippen molar-refractivity contribution in [1.29, 1.82) is 0 Å². The highest BCUT2D eigenvalue weighted by Crippen LogP contribution is 2.24. The van der Waals surface area contributed by atoms with Gasteiger partial charge in [0.05, 0.1) is 0 Å². The number of likely N-dealkylation sites (tertiary alicyclic amines) is 1. The van der Waals surface area contributed by atoms with Gasteiger partial charge in [-0.1, -0.05) is 6.07 Å². The average Bonchev–Trinajstić information content (AvgIpc) is 3.24. The van der Waals surface area contributed by atoms with E-state index in [1.165, 1.54) is 11.1 Å². The van der Waals surface area contributed by atoms with Crippen LogP contribution >= 0.6 is 0 Å². The molecule has 0 atom stereocenters. The van der Waals surface area contributed by atoms with Crippen molar-refractivity contribution in [2.24, 2.45) is 0 Å². The molecule has 0 aliphatic carbocycles. The number of piperidine rings is 1. The first-order chi connectivity index (χ1) is 12.0. The molecule has 6 nitrogen and oxygen atoms in total. The van der Waals surface area contributed by atoms with Crippen LogP contribution in [0.4, 0.5) is 4.79 Å². The number of nitrogens with zero attached hydrogens (tertiary/aromatic N) is 2. The summed E-state index contributed by atoms with van der Waals surface area (Å²) in [6, 6.07) is 6.37. The number of urea groups is 1. The minimum atomic E-state index is 0.0336. The third-order valence-electron chi connectivity index (χ3n) is 5.66. The van der Waals surface area contributed by atoms with Crippen molar-refractivity contribution >= 4 is 22.8 Å². The standard InChI is InChI=1S/C19H24N4O2/c1-12-3-4-16-15(13(12)2)11-17(21-16)18(24)22-8-5-14(6-9-22)23-10-7-20-19(23)25/h3-4,11,14,21H,5-10H2,1-2H3,(H,20,25). The molecule has 0 unspecified atom stereocenters. The molecule has 3 amide bonds. The number of aryl methyl sites for hydroxylation is 2. The topological polar surface area (TPSA) is 68.4 Å². The zero-order valence-electron chi connectivity index (χ0n) is 14.8. The number of aromatic amines is 1. The maximum absolute atomic E-state index is 12.9. The van der Waals surface area contributed by atoms with Crippen LogP contribution in [0.25, 0.3) is 10.9 Å². The molecule has 132 valence electrons. The summed E-state index contributed by atoms with van der Waals surface area (Å²) < 4.78 is 0. The molecule has 0 bridgehead atoms. The van der Waals surface area contributed by atoms with Crippen molar-refractivity contribution in [3.63, 3.8) is 0 Å². The van der Waals surface area contributed by atoms with E-state index in [4.69, 9.17) is 0 Å². The van der Waals surface area contributed by atoms with Crippen molar-refractivity contribution in [3.8, 4) is 0 Å². The Kier molecular flexibility index (Phi) is 3.90. The van der Waals surface area contributed by atoms with Gasteiger partial charge in [-0.15, -0.1) is 0 Å². The van der Waals surface area contributed by atoms with Gasteiger partial charge in [-0.2, -0.15) is 0 Å². The molecule has 0 spiro atoms. The van der Waals surface area contributed by atoms with E-state index in [2.05, 4.69) is 30.2 Å². The molecule has 1 aromatic heterocycles. The molecule has 2 aliphatic heterocycles. The summed E-state index contributed by atoms with van der Waals surface area (Å²) in [4.78, 5) is 31.7. The number of fused-ring (bicyclic) bond motifs is 1. The summed E-state index contributed by atoms with van der Waals surface area (Å²) in [6.45, 7) is 7.07. The monoisotopic (exact) mass is 340 g/mol. The van der Waals surface area contributed by atoms with Gasteiger partial charge in [0.25, 0.3) is 5.91 Å². The summed E-state index contributed by atoms with van der Waals surface area (Å²) in [7, 11) is 0. The number of aromatic nitrogens is 1. The van der Waals surface area contributed by atoms with E-state index in [0.717, 1.165) is 36.8 Å². The SMILES string of the molecule is Cc1ccc2[nH]c(C(=O)N3CCC(N4CCNC4=O)CC3)cc2c1C. The Morgan fingerprint density at radius 1 is 1.16 bits per heavy atom. The Hall–Kier alpha value is -2.50. The number of hydrogen-bond donors (Lipinski definition) is 2. The molecule has 2 saturated heterocycles. The van der Waals surface area contributed by atoms with Crippen LogP contribution in [0.15, 0.2) is 18.2 Å². The van der Waals surface area contributed by atoms with E-state index < -0.39 is 0 Å². The highest BCUT2D eigenvalue weighted by Gasteiger charge is 2.32. The summed E-state index contributed by atoms with van der Waals surface area (Å²) >= 11 is 0. The van der Waals surface area contributed by atoms with Gasteiger partial charge in [0.2, 0.25) is 0 Å². The van der Waals surface area contributed by atoms with Gasteiger partial charge in [0, 0.05) is 43.1 Å². The molecular formula is C19H24N4O2. The Labute approximate surface area is 147 Å². The maximum atomic E-state index is 12.9. The maximum Gasteiger partial charge on any atom is 0.317 e. The third-order valence-corrected chi connectivity index (χ3v) is 5.66. The van der Waals surface area contributed by atoms with Crippen LogP contribution in [0.5, 0.6) is 0 Å². The second-order valence-electron chi connectivity index (χ2n) is 7.10. The number of carbonyl (C=O) groups is 2. The molecule has 0 radical (unpaired) electrons. The van der Waals surface area contributed by atoms with Gasteiger partial charge in [0.1, 0.15) is 5.69 Å². The van der Waals surface area contributed by atoms with E-state index in [-0.39, 0.29) is 18.0 Å². The first-order valence-electron chi connectivity index (χ1n) is 8.97. The first-order valence-corrected chi connectivity index (χ1v) is 8.97. The lowest BCUT2D eigenvalue weighted by Gasteiger charge is -2.35. The molecule has 6 heteroatoms. The fourth-order valence-corrected chi connectivity index (χ4v) is 3.96. The van der Waals surface area contributed by atoms with Crippen molar-refractivity contribution in [2.75, 3.05) is 26.2 Å². The molecule has 3 heterocycles. The van der Waals surface area contributed by atoms with E-state index in [0.29, 0.717) is 18.8 Å². The quantitative estimate of drug-likeness (QED) is 0.881. The lowest BCUT2D eigenvalue weighted by atomic mass is 10.0. The normalized spacial score (nSPS) is 18.9. The minimum absolute atomic E-state index is 0.0336. The van der Waals surface area contributed by atoms with Gasteiger partial charge in [-0.3, -0.25) is 4.79 Å². The van der Waals surface area contributed by atoms with Crippen LogP contribution in [-0.4, -0.2) is 58.9 Å². The number of nitrogens with one attached hydrogen (secondary N) is 2. The lowest BCUT2D eigenvalue weighted by Crippen LogP contribution is -2.47. The van der Waals surface area contributed by atoms with Crippen molar-refractivity contribution < 1.29 is 9.59 Å². The summed E-state index contributed by atoms with van der Waals surface area (Å²) in [5, 5.41) is 3.97. The van der Waals surface area contributed by atoms with E-state index in [9.17, 15) is 9.59 Å². The van der Waals surface area contributed by atoms with Gasteiger partial charge < -0.3 is 20.1 Å². The molecule has 2 aliphatic rings. The van der Waals surface area contributed by atoms with Crippen LogP contribution in [0.3, 0.4) is 0 Å². The van der Waals surface area contributed by atoms with Crippen molar-refractivity contribution in [2.45, 2.75) is 32.7 Å². The highest BCUT2D eigenvalue weighted by atomic mass is 16.2. The molecular weight excluding hydrogens is 316 g/mol. The predicted octanol–water partition coefficient (Wildman–Crippen LogP) is 2.41. The summed E-state index contributed by atoms with van der Waals surface area (Å²) in [6.07, 6.45) is 1.69. The number of H-pyrrole nitrogens is 1. The van der Waals surface area contributed by atoms with Crippen LogP contribution in [0.2, 0.25) is 0 Å². The number of hydrogen-bond acceptors (Lipinski definition) is 2. The van der Waals surface area contributed by atoms with E-state index in [1.807, 2.05) is 21.9 Å². The summed E-state index contributed by atoms with van der Waals surface area (Å²) in [5.41, 5.74) is 4.11. The zero-order valence-corrected chi connectivity index (χ0v) is 14.8. The molecule has 0 saturated carbocycles. The second kappa shape index (κ2) is 6.10. The smallest absolute Gasteiger partial charge is 0.317 e. The lowest BCUT2D eigenvalue weighted by molar-refractivity contribution is 0.0661. The third kappa shape index (κ3) is 2.75. The largest absolute Gasteiger partial charge is 0.351 e. The highest BCUT2D eigenvalue weighted by molar-refractivity contribution is 5.99. The van der Waals surface area contributed by atoms with Crippen molar-refractivity contribution in [3.05, 3.63) is 35.0 Å². The Morgan fingerprint density at radius 2 is 1.92 bits per heavy atom. The van der Waals surface area contributed by atoms with E-state index in [1.54, 1.807) is 0 Å². The Balaban J connectivity index is 1.47. The molecule has 2 fully saturated rings. The molecule has 2 N–H and O–H groups in total. The predicted molar refractivity (Wildman–Crippen MR) is 96.8 cm³/mol. The number of amides is 3. The Bertz CT molecular complexity index is 833. The van der Waals surface area contributed by atoms with Gasteiger partial charge in [-0.25, -0.2) is 4.79 Å². The van der Waals surface area contributed by atoms with Crippen LogP contribution in [0, 0.1) is 13.8 Å². The summed E-state index contributed by atoms with van der Waals surface area (Å²) in [5.74, 6) is 0.0533. The molecule has 4 rings (SSSR count). The second-order valence-corrected chi connectivity index (χ2v) is 7.10.